The third-order valence-electron chi connectivity index (χ3n) is 5.74. The highest BCUT2D eigenvalue weighted by Crippen LogP contribution is 2.36. The van der Waals surface area contributed by atoms with Crippen LogP contribution in [0.5, 0.6) is 0 Å². The summed E-state index contributed by atoms with van der Waals surface area (Å²) in [6, 6.07) is 8.61. The van der Waals surface area contributed by atoms with Gasteiger partial charge in [0.2, 0.25) is 0 Å². The third-order valence-corrected chi connectivity index (χ3v) is 6.41. The molecule has 0 radical (unpaired) electrons. The van der Waals surface area contributed by atoms with Gasteiger partial charge in [-0.05, 0) is 30.2 Å². The molecule has 1 aromatic carbocycles. The summed E-state index contributed by atoms with van der Waals surface area (Å²) in [6.45, 7) is 0. The highest BCUT2D eigenvalue weighted by Gasteiger charge is 2.44. The number of ether oxygens (including phenoxy) is 1. The molecule has 1 fully saturated rings. The Balaban J connectivity index is 1.45. The van der Waals surface area contributed by atoms with E-state index in [0.717, 1.165) is 12.8 Å². The maximum absolute atomic E-state index is 10.5. The molecule has 3 aromatic rings. The molecule has 0 spiro atoms. The van der Waals surface area contributed by atoms with Gasteiger partial charge in [0.25, 0.3) is 0 Å². The van der Waals surface area contributed by atoms with Crippen LogP contribution in [0.4, 0.5) is 5.82 Å². The van der Waals surface area contributed by atoms with Gasteiger partial charge in [-0.1, -0.05) is 24.3 Å². The highest BCUT2D eigenvalue weighted by atomic mass is 32.2. The van der Waals surface area contributed by atoms with E-state index in [2.05, 4.69) is 44.5 Å². The molecular weight excluding hydrogens is 390 g/mol. The molecule has 1 unspecified atom stereocenters. The van der Waals surface area contributed by atoms with Crippen LogP contribution in [0.25, 0.3) is 11.2 Å². The zero-order chi connectivity index (χ0) is 20.0. The second-order valence-corrected chi connectivity index (χ2v) is 8.39. The largest absolute Gasteiger partial charge is 0.387 e. The van der Waals surface area contributed by atoms with E-state index in [9.17, 15) is 10.2 Å². The molecule has 9 heteroatoms. The molecule has 152 valence electrons. The first-order valence-electron chi connectivity index (χ1n) is 9.69. The number of nitrogens with zero attached hydrogens (tertiary/aromatic N) is 4. The summed E-state index contributed by atoms with van der Waals surface area (Å²) in [4.78, 5) is 13.3. The van der Waals surface area contributed by atoms with Crippen LogP contribution in [0.15, 0.2) is 36.9 Å². The molecule has 1 saturated heterocycles. The molecule has 2 aromatic heterocycles. The van der Waals surface area contributed by atoms with Crippen molar-refractivity contribution in [1.82, 2.24) is 19.5 Å². The number of anilines is 1. The second kappa shape index (κ2) is 7.56. The number of aliphatic hydroxyl groups excluding tert-OH is 2. The molecule has 29 heavy (non-hydrogen) atoms. The first-order chi connectivity index (χ1) is 14.2. The average Bonchev–Trinajstić information content (AvgIpc) is 3.42. The number of benzene rings is 1. The van der Waals surface area contributed by atoms with Crippen molar-refractivity contribution in [2.24, 2.45) is 0 Å². The Morgan fingerprint density at radius 1 is 1.21 bits per heavy atom. The lowest BCUT2D eigenvalue weighted by Gasteiger charge is -2.17. The number of nitrogens with one attached hydrogen (secondary N) is 1. The predicted octanol–water partition coefficient (Wildman–Crippen LogP) is 1.91. The van der Waals surface area contributed by atoms with Crippen LogP contribution in [0.1, 0.15) is 29.8 Å². The fourth-order valence-electron chi connectivity index (χ4n) is 4.28. The van der Waals surface area contributed by atoms with Gasteiger partial charge in [-0.2, -0.15) is 11.8 Å². The van der Waals surface area contributed by atoms with Crippen molar-refractivity contribution in [1.29, 1.82) is 0 Å². The van der Waals surface area contributed by atoms with Crippen molar-refractivity contribution >= 4 is 28.7 Å². The Labute approximate surface area is 172 Å². The topological polar surface area (TPSA) is 105 Å². The quantitative estimate of drug-likeness (QED) is 0.583. The van der Waals surface area contributed by atoms with Gasteiger partial charge in [-0.15, -0.1) is 0 Å². The van der Waals surface area contributed by atoms with E-state index >= 15 is 0 Å². The van der Waals surface area contributed by atoms with Gasteiger partial charge < -0.3 is 20.3 Å². The fraction of sp³-hybridized carbons (Fsp3) is 0.450. The van der Waals surface area contributed by atoms with E-state index < -0.39 is 24.5 Å². The van der Waals surface area contributed by atoms with Gasteiger partial charge >= 0.3 is 0 Å². The maximum Gasteiger partial charge on any atom is 0.167 e. The summed E-state index contributed by atoms with van der Waals surface area (Å²) in [5.41, 5.74) is 3.83. The minimum Gasteiger partial charge on any atom is -0.387 e. The fourth-order valence-corrected chi connectivity index (χ4v) is 4.88. The summed E-state index contributed by atoms with van der Waals surface area (Å²) in [5, 5.41) is 24.3. The van der Waals surface area contributed by atoms with Crippen molar-refractivity contribution in [2.45, 2.75) is 43.4 Å². The highest BCUT2D eigenvalue weighted by molar-refractivity contribution is 7.98. The van der Waals surface area contributed by atoms with Crippen molar-refractivity contribution in [3.63, 3.8) is 0 Å². The van der Waals surface area contributed by atoms with E-state index in [-0.39, 0.29) is 6.04 Å². The van der Waals surface area contributed by atoms with E-state index in [0.29, 0.717) is 22.7 Å². The van der Waals surface area contributed by atoms with E-state index in [4.69, 9.17) is 4.74 Å². The monoisotopic (exact) mass is 413 g/mol. The SMILES string of the molecule is CSC[C@H]1O[C@@H](n2cnc3c(NC4CCc5ccccc54)ncnc32)[C@H](O)[C@@H]1O. The lowest BCUT2D eigenvalue weighted by atomic mass is 10.1. The number of rotatable bonds is 5. The van der Waals surface area contributed by atoms with Crippen molar-refractivity contribution < 1.29 is 14.9 Å². The zero-order valence-electron chi connectivity index (χ0n) is 16.0. The normalized spacial score (nSPS) is 28.7. The lowest BCUT2D eigenvalue weighted by molar-refractivity contribution is -0.0288. The molecule has 0 amide bonds. The van der Waals surface area contributed by atoms with Gasteiger partial charge in [-0.3, -0.25) is 4.57 Å². The van der Waals surface area contributed by atoms with Gasteiger partial charge in [-0.25, -0.2) is 15.0 Å². The molecule has 1 aliphatic carbocycles. The number of hydrogen-bond acceptors (Lipinski definition) is 8. The molecule has 3 N–H and O–H groups in total. The summed E-state index contributed by atoms with van der Waals surface area (Å²) in [7, 11) is 0. The number of fused-ring (bicyclic) bond motifs is 2. The van der Waals surface area contributed by atoms with Gasteiger partial charge in [0, 0.05) is 5.75 Å². The molecule has 5 atom stereocenters. The number of imidazole rings is 1. The summed E-state index contributed by atoms with van der Waals surface area (Å²) >= 11 is 1.57. The minimum absolute atomic E-state index is 0.176. The Kier molecular flexibility index (Phi) is 4.91. The van der Waals surface area contributed by atoms with Crippen LogP contribution in [-0.2, 0) is 11.2 Å². The average molecular weight is 414 g/mol. The second-order valence-electron chi connectivity index (χ2n) is 7.48. The van der Waals surface area contributed by atoms with Crippen LogP contribution in [0, 0.1) is 0 Å². The van der Waals surface area contributed by atoms with Crippen LogP contribution in [0.2, 0.25) is 0 Å². The Hall–Kier alpha value is -2.20. The summed E-state index contributed by atoms with van der Waals surface area (Å²) < 4.78 is 7.60. The van der Waals surface area contributed by atoms with E-state index in [1.165, 1.54) is 17.5 Å². The third kappa shape index (κ3) is 3.18. The van der Waals surface area contributed by atoms with Gasteiger partial charge in [0.1, 0.15) is 18.5 Å². The van der Waals surface area contributed by atoms with E-state index in [1.54, 1.807) is 22.7 Å². The van der Waals surface area contributed by atoms with Crippen molar-refractivity contribution in [3.8, 4) is 0 Å². The van der Waals surface area contributed by atoms with Crippen molar-refractivity contribution in [2.75, 3.05) is 17.3 Å². The first-order valence-corrected chi connectivity index (χ1v) is 11.1. The molecule has 8 nitrogen and oxygen atoms in total. The lowest BCUT2D eigenvalue weighted by Crippen LogP contribution is -2.32. The standard InChI is InChI=1S/C20H23N5O3S/c1-29-8-14-16(26)17(27)20(28-14)25-10-23-15-18(21-9-22-19(15)25)24-13-7-6-11-4-2-3-5-12(11)13/h2-5,9-10,13-14,16-17,20,26-27H,6-8H2,1H3,(H,21,22,24)/t13?,14-,16-,17-,20-/m1/s1. The summed E-state index contributed by atoms with van der Waals surface area (Å²) in [5.74, 6) is 1.26. The van der Waals surface area contributed by atoms with Gasteiger partial charge in [0.15, 0.2) is 23.2 Å². The molecule has 2 aliphatic rings. The number of aryl methyl sites for hydroxylation is 1. The Morgan fingerprint density at radius 3 is 2.93 bits per heavy atom. The van der Waals surface area contributed by atoms with Crippen LogP contribution in [0.3, 0.4) is 0 Å². The Bertz CT molecular complexity index is 1030. The van der Waals surface area contributed by atoms with Crippen molar-refractivity contribution in [3.05, 3.63) is 48.0 Å². The maximum atomic E-state index is 10.5. The van der Waals surface area contributed by atoms with E-state index in [1.807, 2.05) is 6.26 Å². The summed E-state index contributed by atoms with van der Waals surface area (Å²) in [6.07, 6.45) is 3.90. The van der Waals surface area contributed by atoms with Crippen LogP contribution in [-0.4, -0.2) is 60.1 Å². The smallest absolute Gasteiger partial charge is 0.167 e. The number of aliphatic hydroxyl groups is 2. The minimum atomic E-state index is -1.04. The molecular formula is C20H23N5O3S. The van der Waals surface area contributed by atoms with Crippen LogP contribution < -0.4 is 5.32 Å². The zero-order valence-corrected chi connectivity index (χ0v) is 16.8. The Morgan fingerprint density at radius 2 is 2.07 bits per heavy atom. The number of thioether (sulfide) groups is 1. The van der Waals surface area contributed by atoms with Crippen LogP contribution >= 0.6 is 11.8 Å². The molecule has 0 bridgehead atoms. The molecule has 3 heterocycles. The van der Waals surface area contributed by atoms with Gasteiger partial charge in [0.05, 0.1) is 18.5 Å². The molecule has 1 aliphatic heterocycles. The molecule has 5 rings (SSSR count). The number of hydrogen-bond donors (Lipinski definition) is 3. The first kappa shape index (κ1) is 18.8. The number of aromatic nitrogens is 4. The predicted molar refractivity (Wildman–Crippen MR) is 111 cm³/mol. The molecule has 0 saturated carbocycles.